The molecular formula is C27H31Cl2IN2O4. The van der Waals surface area contributed by atoms with E-state index in [2.05, 4.69) is 33.2 Å². The van der Waals surface area contributed by atoms with Crippen molar-refractivity contribution in [1.29, 1.82) is 0 Å². The van der Waals surface area contributed by atoms with Gasteiger partial charge in [0.25, 0.3) is 0 Å². The maximum Gasteiger partial charge on any atom is 0.408 e. The van der Waals surface area contributed by atoms with Crippen LogP contribution >= 0.6 is 45.8 Å². The molecule has 0 bridgehead atoms. The highest BCUT2D eigenvalue weighted by Gasteiger charge is 2.59. The van der Waals surface area contributed by atoms with Gasteiger partial charge in [0.05, 0.1) is 13.7 Å². The Morgan fingerprint density at radius 1 is 1.14 bits per heavy atom. The summed E-state index contributed by atoms with van der Waals surface area (Å²) in [5.41, 5.74) is 1.05. The fraction of sp³-hybridized carbons (Fsp3) is 0.481. The Hall–Kier alpha value is -1.71. The second kappa shape index (κ2) is 12.2. The van der Waals surface area contributed by atoms with Gasteiger partial charge in [-0.15, -0.1) is 0 Å². The Labute approximate surface area is 235 Å². The number of methoxy groups -OCH3 is 1. The molecule has 194 valence electrons. The number of benzene rings is 2. The molecule has 2 fully saturated rings. The third kappa shape index (κ3) is 5.73. The molecule has 0 radical (unpaired) electrons. The van der Waals surface area contributed by atoms with E-state index in [-0.39, 0.29) is 23.7 Å². The first-order valence-corrected chi connectivity index (χ1v) is 14.6. The van der Waals surface area contributed by atoms with Crippen LogP contribution in [0.4, 0.5) is 4.79 Å². The van der Waals surface area contributed by atoms with Crippen molar-refractivity contribution >= 4 is 57.8 Å². The highest BCUT2D eigenvalue weighted by molar-refractivity contribution is 14.1. The maximum atomic E-state index is 13.3. The molecule has 2 aromatic rings. The number of carbonyl (C=O) groups excluding carboxylic acids is 2. The van der Waals surface area contributed by atoms with Gasteiger partial charge in [0, 0.05) is 22.5 Å². The van der Waals surface area contributed by atoms with Gasteiger partial charge < -0.3 is 20.1 Å². The number of alkyl carbamates (subject to hydrolysis) is 1. The number of hydrogen-bond acceptors (Lipinski definition) is 4. The summed E-state index contributed by atoms with van der Waals surface area (Å²) < 4.78 is 12.3. The van der Waals surface area contributed by atoms with Crippen molar-refractivity contribution in [3.63, 3.8) is 0 Å². The first-order valence-electron chi connectivity index (χ1n) is 12.3. The number of fused-ring (bicyclic) bond motifs is 1. The van der Waals surface area contributed by atoms with Crippen molar-refractivity contribution in [2.24, 2.45) is 5.92 Å². The number of alkyl halides is 1. The highest BCUT2D eigenvalue weighted by Crippen LogP contribution is 2.54. The molecule has 2 amide bonds. The summed E-state index contributed by atoms with van der Waals surface area (Å²) in [6, 6.07) is 13.4. The van der Waals surface area contributed by atoms with Crippen LogP contribution in [0.25, 0.3) is 0 Å². The second-order valence-corrected chi connectivity index (χ2v) is 11.4. The molecule has 6 nitrogen and oxygen atoms in total. The van der Waals surface area contributed by atoms with Crippen molar-refractivity contribution in [3.05, 3.63) is 63.6 Å². The van der Waals surface area contributed by atoms with Crippen LogP contribution in [0.3, 0.4) is 0 Å². The Morgan fingerprint density at radius 3 is 2.61 bits per heavy atom. The van der Waals surface area contributed by atoms with E-state index in [0.29, 0.717) is 36.0 Å². The van der Waals surface area contributed by atoms with Gasteiger partial charge in [0.1, 0.15) is 11.3 Å². The smallest absolute Gasteiger partial charge is 0.408 e. The first-order chi connectivity index (χ1) is 17.4. The lowest BCUT2D eigenvalue weighted by atomic mass is 9.60. The lowest BCUT2D eigenvalue weighted by Gasteiger charge is -2.46. The summed E-state index contributed by atoms with van der Waals surface area (Å²) >= 11 is 14.8. The molecule has 0 spiro atoms. The SMILES string of the molecule is COc1cc(Cl)ccc1[C@@H]1CC[C@@]2(NC(=O)OCCCCCI)C(=O)NC[C@H]2[C@H]1c1ccc(Cl)cc1. The third-order valence-electron chi connectivity index (χ3n) is 7.42. The van der Waals surface area contributed by atoms with Gasteiger partial charge in [0.2, 0.25) is 5.91 Å². The van der Waals surface area contributed by atoms with Crippen LogP contribution in [-0.4, -0.2) is 42.2 Å². The molecule has 4 rings (SSSR count). The molecule has 1 aliphatic heterocycles. The Morgan fingerprint density at radius 2 is 1.89 bits per heavy atom. The number of rotatable bonds is 9. The van der Waals surface area contributed by atoms with Crippen molar-refractivity contribution < 1.29 is 19.1 Å². The average Bonchev–Trinajstić information content (AvgIpc) is 3.19. The van der Waals surface area contributed by atoms with Gasteiger partial charge in [-0.05, 0) is 83.8 Å². The molecule has 4 atom stereocenters. The van der Waals surface area contributed by atoms with Crippen molar-refractivity contribution in [1.82, 2.24) is 10.6 Å². The highest BCUT2D eigenvalue weighted by atomic mass is 127. The van der Waals surface area contributed by atoms with Crippen LogP contribution in [0.2, 0.25) is 10.0 Å². The van der Waals surface area contributed by atoms with Crippen molar-refractivity contribution in [3.8, 4) is 5.75 Å². The van der Waals surface area contributed by atoms with E-state index in [1.165, 1.54) is 0 Å². The summed E-state index contributed by atoms with van der Waals surface area (Å²) in [6.07, 6.45) is 3.54. The van der Waals surface area contributed by atoms with Gasteiger partial charge in [-0.1, -0.05) is 64.0 Å². The zero-order valence-corrected chi connectivity index (χ0v) is 23.9. The minimum Gasteiger partial charge on any atom is -0.496 e. The molecule has 0 unspecified atom stereocenters. The lowest BCUT2D eigenvalue weighted by molar-refractivity contribution is -0.126. The number of hydrogen-bond donors (Lipinski definition) is 2. The summed E-state index contributed by atoms with van der Waals surface area (Å²) in [5, 5.41) is 7.27. The molecule has 0 aromatic heterocycles. The molecule has 1 aliphatic carbocycles. The number of carbonyl (C=O) groups is 2. The first kappa shape index (κ1) is 27.3. The second-order valence-electron chi connectivity index (χ2n) is 9.41. The normalized spacial score (nSPS) is 25.1. The van der Waals surface area contributed by atoms with E-state index in [1.54, 1.807) is 7.11 Å². The van der Waals surface area contributed by atoms with Gasteiger partial charge in [-0.2, -0.15) is 0 Å². The van der Waals surface area contributed by atoms with Gasteiger partial charge in [-0.25, -0.2) is 4.79 Å². The van der Waals surface area contributed by atoms with E-state index >= 15 is 0 Å². The number of nitrogens with one attached hydrogen (secondary N) is 2. The Kier molecular flexibility index (Phi) is 9.28. The van der Waals surface area contributed by atoms with Gasteiger partial charge in [-0.3, -0.25) is 4.79 Å². The molecule has 2 aromatic carbocycles. The summed E-state index contributed by atoms with van der Waals surface area (Å²) in [6.45, 7) is 0.796. The van der Waals surface area contributed by atoms with Crippen LogP contribution in [-0.2, 0) is 9.53 Å². The fourth-order valence-electron chi connectivity index (χ4n) is 5.74. The average molecular weight is 645 g/mol. The molecule has 1 heterocycles. The Balaban J connectivity index is 1.66. The number of unbranched alkanes of at least 4 members (excludes halogenated alkanes) is 2. The van der Waals surface area contributed by atoms with Crippen LogP contribution in [0.1, 0.15) is 55.1 Å². The lowest BCUT2D eigenvalue weighted by Crippen LogP contribution is -2.60. The van der Waals surface area contributed by atoms with E-state index in [9.17, 15) is 9.59 Å². The topological polar surface area (TPSA) is 76.7 Å². The molecular weight excluding hydrogens is 614 g/mol. The fourth-order valence-corrected chi connectivity index (χ4v) is 6.56. The summed E-state index contributed by atoms with van der Waals surface area (Å²) in [7, 11) is 1.64. The Bertz CT molecular complexity index is 1080. The van der Waals surface area contributed by atoms with Crippen LogP contribution < -0.4 is 15.4 Å². The maximum absolute atomic E-state index is 13.3. The number of ether oxygens (including phenoxy) is 2. The minimum atomic E-state index is -1.04. The van der Waals surface area contributed by atoms with Gasteiger partial charge >= 0.3 is 6.09 Å². The number of halogens is 3. The predicted octanol–water partition coefficient (Wildman–Crippen LogP) is 6.48. The molecule has 1 saturated carbocycles. The molecule has 1 saturated heterocycles. The third-order valence-corrected chi connectivity index (χ3v) is 8.67. The standard InChI is InChI=1S/C27H31Cl2IN2O4/c1-35-23-15-19(29)9-10-20(23)21-11-12-27(32-26(34)36-14-4-2-3-13-30)22(16-31-25(27)33)24(21)17-5-7-18(28)8-6-17/h5-10,15,21-22,24H,2-4,11-14,16H2,1H3,(H,31,33)(H,32,34)/t21-,22-,24-,27-/m0/s1. The molecule has 2 aliphatic rings. The van der Waals surface area contributed by atoms with Crippen LogP contribution in [0.5, 0.6) is 5.75 Å². The monoisotopic (exact) mass is 644 g/mol. The zero-order valence-electron chi connectivity index (χ0n) is 20.2. The van der Waals surface area contributed by atoms with E-state index < -0.39 is 11.6 Å². The summed E-state index contributed by atoms with van der Waals surface area (Å²) in [5.74, 6) is 0.353. The number of amides is 2. The largest absolute Gasteiger partial charge is 0.496 e. The molecule has 2 N–H and O–H groups in total. The van der Waals surface area contributed by atoms with E-state index in [0.717, 1.165) is 40.6 Å². The minimum absolute atomic E-state index is 0.0512. The van der Waals surface area contributed by atoms with Crippen LogP contribution in [0.15, 0.2) is 42.5 Å². The summed E-state index contributed by atoms with van der Waals surface area (Å²) in [4.78, 5) is 26.1. The van der Waals surface area contributed by atoms with E-state index in [4.69, 9.17) is 32.7 Å². The van der Waals surface area contributed by atoms with Crippen molar-refractivity contribution in [2.75, 3.05) is 24.7 Å². The predicted molar refractivity (Wildman–Crippen MR) is 151 cm³/mol. The van der Waals surface area contributed by atoms with Crippen LogP contribution in [0, 0.1) is 5.92 Å². The molecule has 36 heavy (non-hydrogen) atoms. The molecule has 9 heteroatoms. The van der Waals surface area contributed by atoms with E-state index in [1.807, 2.05) is 42.5 Å². The van der Waals surface area contributed by atoms with Crippen molar-refractivity contribution in [2.45, 2.75) is 49.5 Å². The zero-order chi connectivity index (χ0) is 25.7. The quantitative estimate of drug-likeness (QED) is 0.186. The van der Waals surface area contributed by atoms with Gasteiger partial charge in [0.15, 0.2) is 0 Å².